The van der Waals surface area contributed by atoms with Crippen LogP contribution in [0.5, 0.6) is 5.75 Å². The largest absolute Gasteiger partial charge is 0.495 e. The standard InChI is InChI=1S/C19H19ClN4O2/c1-26-17-4-3-15(10-16(17)20)23-19(25)14-6-8-24(9-7-14)18-5-2-13(11-21)12-22-18/h2-5,10,12,14H,6-9H2,1H3,(H,23,25). The van der Waals surface area contributed by atoms with E-state index in [4.69, 9.17) is 21.6 Å². The van der Waals surface area contributed by atoms with Crippen LogP contribution in [0.3, 0.4) is 0 Å². The number of aromatic nitrogens is 1. The number of methoxy groups -OCH3 is 1. The van der Waals surface area contributed by atoms with Gasteiger partial charge in [-0.2, -0.15) is 5.26 Å². The van der Waals surface area contributed by atoms with E-state index in [1.807, 2.05) is 6.07 Å². The molecule has 0 spiro atoms. The highest BCUT2D eigenvalue weighted by molar-refractivity contribution is 6.32. The number of anilines is 2. The van der Waals surface area contributed by atoms with Gasteiger partial charge in [-0.25, -0.2) is 4.98 Å². The summed E-state index contributed by atoms with van der Waals surface area (Å²) < 4.78 is 5.12. The number of ether oxygens (including phenoxy) is 1. The van der Waals surface area contributed by atoms with Gasteiger partial charge in [0.05, 0.1) is 17.7 Å². The lowest BCUT2D eigenvalue weighted by Gasteiger charge is -2.32. The SMILES string of the molecule is COc1ccc(NC(=O)C2CCN(c3ccc(C#N)cn3)CC2)cc1Cl. The van der Waals surface area contributed by atoms with Crippen molar-refractivity contribution >= 4 is 29.0 Å². The molecule has 26 heavy (non-hydrogen) atoms. The van der Waals surface area contributed by atoms with Crippen LogP contribution in [0, 0.1) is 17.2 Å². The van der Waals surface area contributed by atoms with E-state index < -0.39 is 0 Å². The Balaban J connectivity index is 1.56. The summed E-state index contributed by atoms with van der Waals surface area (Å²) in [5.41, 5.74) is 1.21. The third-order valence-electron chi connectivity index (χ3n) is 4.49. The average Bonchev–Trinajstić information content (AvgIpc) is 2.68. The molecule has 0 atom stereocenters. The van der Waals surface area contributed by atoms with Gasteiger partial charge in [-0.05, 0) is 43.2 Å². The van der Waals surface area contributed by atoms with E-state index in [-0.39, 0.29) is 11.8 Å². The van der Waals surface area contributed by atoms with E-state index in [1.54, 1.807) is 37.6 Å². The maximum atomic E-state index is 12.5. The number of nitriles is 1. The van der Waals surface area contributed by atoms with Crippen molar-refractivity contribution < 1.29 is 9.53 Å². The van der Waals surface area contributed by atoms with Crippen molar-refractivity contribution in [3.05, 3.63) is 47.1 Å². The molecule has 0 saturated carbocycles. The molecule has 3 rings (SSSR count). The van der Waals surface area contributed by atoms with Crippen LogP contribution < -0.4 is 15.0 Å². The summed E-state index contributed by atoms with van der Waals surface area (Å²) in [6.45, 7) is 1.50. The molecule has 0 bridgehead atoms. The first-order chi connectivity index (χ1) is 12.6. The van der Waals surface area contributed by atoms with Crippen molar-refractivity contribution in [2.24, 2.45) is 5.92 Å². The molecule has 1 N–H and O–H groups in total. The van der Waals surface area contributed by atoms with E-state index >= 15 is 0 Å². The third kappa shape index (κ3) is 4.06. The smallest absolute Gasteiger partial charge is 0.227 e. The van der Waals surface area contributed by atoms with Gasteiger partial charge < -0.3 is 15.0 Å². The third-order valence-corrected chi connectivity index (χ3v) is 4.78. The van der Waals surface area contributed by atoms with E-state index in [2.05, 4.69) is 21.3 Å². The maximum Gasteiger partial charge on any atom is 0.227 e. The number of nitrogens with one attached hydrogen (secondary N) is 1. The summed E-state index contributed by atoms with van der Waals surface area (Å²) in [6.07, 6.45) is 3.07. The van der Waals surface area contributed by atoms with Crippen molar-refractivity contribution in [3.8, 4) is 11.8 Å². The summed E-state index contributed by atoms with van der Waals surface area (Å²) in [4.78, 5) is 19.0. The molecule has 1 aromatic carbocycles. The second kappa shape index (κ2) is 8.07. The molecule has 0 aliphatic carbocycles. The van der Waals surface area contributed by atoms with E-state index in [0.29, 0.717) is 22.0 Å². The van der Waals surface area contributed by atoms with Gasteiger partial charge in [0.15, 0.2) is 0 Å². The van der Waals surface area contributed by atoms with Gasteiger partial charge in [-0.1, -0.05) is 11.6 Å². The molecule has 1 fully saturated rings. The summed E-state index contributed by atoms with van der Waals surface area (Å²) in [5, 5.41) is 12.2. The molecule has 1 saturated heterocycles. The van der Waals surface area contributed by atoms with Crippen molar-refractivity contribution in [1.82, 2.24) is 4.98 Å². The zero-order valence-corrected chi connectivity index (χ0v) is 15.2. The van der Waals surface area contributed by atoms with Crippen molar-refractivity contribution in [2.75, 3.05) is 30.4 Å². The Morgan fingerprint density at radius 2 is 2.12 bits per heavy atom. The second-order valence-electron chi connectivity index (χ2n) is 6.12. The number of halogens is 1. The number of pyridine rings is 1. The van der Waals surface area contributed by atoms with Crippen LogP contribution in [0.15, 0.2) is 36.5 Å². The minimum absolute atomic E-state index is 0.00123. The highest BCUT2D eigenvalue weighted by atomic mass is 35.5. The number of carbonyl (C=O) groups is 1. The summed E-state index contributed by atoms with van der Waals surface area (Å²) in [5.74, 6) is 1.36. The Hall–Kier alpha value is -2.78. The maximum absolute atomic E-state index is 12.5. The van der Waals surface area contributed by atoms with Gasteiger partial charge in [0.25, 0.3) is 0 Å². The van der Waals surface area contributed by atoms with E-state index in [0.717, 1.165) is 31.7 Å². The molecule has 0 radical (unpaired) electrons. The normalized spacial score (nSPS) is 14.6. The summed E-state index contributed by atoms with van der Waals surface area (Å²) in [7, 11) is 1.55. The number of hydrogen-bond donors (Lipinski definition) is 1. The molecule has 134 valence electrons. The van der Waals surface area contributed by atoms with Crippen molar-refractivity contribution in [1.29, 1.82) is 5.26 Å². The highest BCUT2D eigenvalue weighted by Gasteiger charge is 2.25. The fraction of sp³-hybridized carbons (Fsp3) is 0.316. The van der Waals surface area contributed by atoms with Gasteiger partial charge in [-0.3, -0.25) is 4.79 Å². The predicted octanol–water partition coefficient (Wildman–Crippen LogP) is 3.47. The molecule has 1 amide bonds. The second-order valence-corrected chi connectivity index (χ2v) is 6.52. The fourth-order valence-corrected chi connectivity index (χ4v) is 3.26. The molecular weight excluding hydrogens is 352 g/mol. The Labute approximate surface area is 157 Å². The van der Waals surface area contributed by atoms with Gasteiger partial charge >= 0.3 is 0 Å². The lowest BCUT2D eigenvalue weighted by molar-refractivity contribution is -0.120. The number of piperidine rings is 1. The van der Waals surface area contributed by atoms with Gasteiger partial charge in [0.1, 0.15) is 17.6 Å². The predicted molar refractivity (Wildman–Crippen MR) is 101 cm³/mol. The minimum atomic E-state index is -0.0505. The number of amides is 1. The molecule has 2 heterocycles. The van der Waals surface area contributed by atoms with Crippen LogP contribution in [-0.2, 0) is 4.79 Å². The summed E-state index contributed by atoms with van der Waals surface area (Å²) >= 11 is 6.10. The minimum Gasteiger partial charge on any atom is -0.495 e. The number of rotatable bonds is 4. The molecular formula is C19H19ClN4O2. The number of nitrogens with zero attached hydrogens (tertiary/aromatic N) is 3. The van der Waals surface area contributed by atoms with Gasteiger partial charge in [0.2, 0.25) is 5.91 Å². The van der Waals surface area contributed by atoms with Crippen LogP contribution in [0.25, 0.3) is 0 Å². The quantitative estimate of drug-likeness (QED) is 0.891. The Kier molecular flexibility index (Phi) is 5.59. The Bertz CT molecular complexity index is 824. The van der Waals surface area contributed by atoms with Crippen molar-refractivity contribution in [2.45, 2.75) is 12.8 Å². The fourth-order valence-electron chi connectivity index (χ4n) is 3.00. The molecule has 7 heteroatoms. The lowest BCUT2D eigenvalue weighted by Crippen LogP contribution is -2.38. The molecule has 1 aromatic heterocycles. The number of carbonyl (C=O) groups excluding carboxylic acids is 1. The van der Waals surface area contributed by atoms with Crippen LogP contribution in [0.1, 0.15) is 18.4 Å². The van der Waals surface area contributed by atoms with E-state index in [1.165, 1.54) is 0 Å². The first-order valence-corrected chi connectivity index (χ1v) is 8.74. The van der Waals surface area contributed by atoms with Crippen LogP contribution >= 0.6 is 11.6 Å². The van der Waals surface area contributed by atoms with E-state index in [9.17, 15) is 4.79 Å². The van der Waals surface area contributed by atoms with Crippen LogP contribution in [-0.4, -0.2) is 31.1 Å². The lowest BCUT2D eigenvalue weighted by atomic mass is 9.95. The van der Waals surface area contributed by atoms with Crippen LogP contribution in [0.2, 0.25) is 5.02 Å². The van der Waals surface area contributed by atoms with Crippen LogP contribution in [0.4, 0.5) is 11.5 Å². The zero-order valence-electron chi connectivity index (χ0n) is 14.4. The average molecular weight is 371 g/mol. The highest BCUT2D eigenvalue weighted by Crippen LogP contribution is 2.28. The molecule has 6 nitrogen and oxygen atoms in total. The molecule has 1 aliphatic heterocycles. The monoisotopic (exact) mass is 370 g/mol. The number of hydrogen-bond acceptors (Lipinski definition) is 5. The Morgan fingerprint density at radius 3 is 2.69 bits per heavy atom. The first kappa shape index (κ1) is 18.0. The topological polar surface area (TPSA) is 78.2 Å². The van der Waals surface area contributed by atoms with Gasteiger partial charge in [-0.15, -0.1) is 0 Å². The molecule has 0 unspecified atom stereocenters. The Morgan fingerprint density at radius 1 is 1.35 bits per heavy atom. The van der Waals surface area contributed by atoms with Gasteiger partial charge in [0, 0.05) is 30.9 Å². The first-order valence-electron chi connectivity index (χ1n) is 8.36. The number of benzene rings is 1. The molecule has 1 aliphatic rings. The zero-order chi connectivity index (χ0) is 18.5. The van der Waals surface area contributed by atoms with Crippen molar-refractivity contribution in [3.63, 3.8) is 0 Å². The summed E-state index contributed by atoms with van der Waals surface area (Å²) in [6, 6.07) is 10.9. The molecule has 2 aromatic rings.